The quantitative estimate of drug-likeness (QED) is 0.373. The van der Waals surface area contributed by atoms with Gasteiger partial charge in [-0.3, -0.25) is 4.68 Å². The van der Waals surface area contributed by atoms with Crippen LogP contribution in [-0.2, 0) is 30.7 Å². The van der Waals surface area contributed by atoms with Gasteiger partial charge in [-0.1, -0.05) is 13.8 Å². The molecular weight excluding hydrogens is 516 g/mol. The highest BCUT2D eigenvalue weighted by molar-refractivity contribution is 5.69. The molecule has 7 nitrogen and oxygen atoms in total. The maximum atomic E-state index is 13.5. The molecule has 1 saturated heterocycles. The summed E-state index contributed by atoms with van der Waals surface area (Å²) in [5.74, 6) is 0.186. The molecule has 1 aliphatic heterocycles. The highest BCUT2D eigenvalue weighted by Gasteiger charge is 2.42. The third-order valence-corrected chi connectivity index (χ3v) is 6.65. The number of benzene rings is 1. The number of nitrogens with zero attached hydrogens (tertiary/aromatic N) is 5. The molecule has 0 aliphatic carbocycles. The summed E-state index contributed by atoms with van der Waals surface area (Å²) in [7, 11) is 1.62. The van der Waals surface area contributed by atoms with Crippen LogP contribution in [0.15, 0.2) is 24.5 Å². The summed E-state index contributed by atoms with van der Waals surface area (Å²) in [6, 6.07) is 0.738. The molecule has 0 radical (unpaired) electrons. The fourth-order valence-electron chi connectivity index (χ4n) is 4.92. The zero-order valence-electron chi connectivity index (χ0n) is 22.0. The summed E-state index contributed by atoms with van der Waals surface area (Å²) in [4.78, 5) is 20.5. The lowest BCUT2D eigenvalue weighted by Gasteiger charge is -2.47. The van der Waals surface area contributed by atoms with Crippen LogP contribution in [0.1, 0.15) is 70.1 Å². The van der Waals surface area contributed by atoms with Crippen molar-refractivity contribution in [3.05, 3.63) is 41.2 Å². The van der Waals surface area contributed by atoms with Gasteiger partial charge in [-0.25, -0.2) is 9.78 Å². The first kappa shape index (κ1) is 29.6. The van der Waals surface area contributed by atoms with Crippen molar-refractivity contribution >= 4 is 12.0 Å². The third-order valence-electron chi connectivity index (χ3n) is 6.65. The van der Waals surface area contributed by atoms with Crippen LogP contribution in [0.3, 0.4) is 0 Å². The van der Waals surface area contributed by atoms with Gasteiger partial charge in [0, 0.05) is 31.7 Å². The third kappa shape index (κ3) is 6.90. The van der Waals surface area contributed by atoms with Crippen LogP contribution < -0.4 is 4.90 Å². The normalized spacial score (nSPS) is 20.6. The fourth-order valence-corrected chi connectivity index (χ4v) is 4.92. The molecular formula is C25H33F6N5O2. The number of alkyl halides is 6. The molecule has 0 bridgehead atoms. The standard InChI is InChI=1S/C25H33F6N5O2/c1-6-19-11-21(12-20(7-2)36(19)23(37)38-15(3)4)35(22-32-14-34(5)33-22)13-16-8-17(24(26,27)28)10-18(9-16)25(29,30)31/h8-10,14-15,19-21H,6-7,11-13H2,1-5H3. The minimum Gasteiger partial charge on any atom is -0.447 e. The van der Waals surface area contributed by atoms with Gasteiger partial charge < -0.3 is 14.5 Å². The number of ether oxygens (including phenoxy) is 1. The van der Waals surface area contributed by atoms with Crippen molar-refractivity contribution in [2.45, 2.75) is 96.5 Å². The average Bonchev–Trinajstić information content (AvgIpc) is 3.25. The van der Waals surface area contributed by atoms with E-state index in [1.54, 1.807) is 30.7 Å². The Bertz CT molecular complexity index is 1050. The number of rotatable bonds is 7. The molecule has 1 aromatic heterocycles. The van der Waals surface area contributed by atoms with Crippen molar-refractivity contribution < 1.29 is 35.9 Å². The first-order valence-electron chi connectivity index (χ1n) is 12.5. The van der Waals surface area contributed by atoms with Crippen LogP contribution in [0.5, 0.6) is 0 Å². The predicted octanol–water partition coefficient (Wildman–Crippen LogP) is 6.43. The zero-order valence-corrected chi connectivity index (χ0v) is 22.0. The van der Waals surface area contributed by atoms with E-state index in [1.165, 1.54) is 11.0 Å². The molecule has 1 aliphatic rings. The second-order valence-corrected chi connectivity index (χ2v) is 9.85. The predicted molar refractivity (Wildman–Crippen MR) is 128 cm³/mol. The molecule has 1 amide bonds. The number of hydrogen-bond acceptors (Lipinski definition) is 5. The minimum absolute atomic E-state index is 0.117. The van der Waals surface area contributed by atoms with Crippen molar-refractivity contribution in [1.82, 2.24) is 19.7 Å². The maximum Gasteiger partial charge on any atom is 0.416 e. The number of likely N-dealkylation sites (tertiary alicyclic amines) is 1. The van der Waals surface area contributed by atoms with E-state index in [2.05, 4.69) is 10.1 Å². The van der Waals surface area contributed by atoms with E-state index in [0.717, 1.165) is 12.1 Å². The van der Waals surface area contributed by atoms with Crippen LogP contribution >= 0.6 is 0 Å². The zero-order chi connectivity index (χ0) is 28.4. The van der Waals surface area contributed by atoms with Gasteiger partial charge in [0.1, 0.15) is 6.33 Å². The van der Waals surface area contributed by atoms with Gasteiger partial charge in [0.15, 0.2) is 0 Å². The van der Waals surface area contributed by atoms with Gasteiger partial charge in [-0.2, -0.15) is 26.3 Å². The van der Waals surface area contributed by atoms with E-state index in [-0.39, 0.29) is 48.4 Å². The van der Waals surface area contributed by atoms with Gasteiger partial charge >= 0.3 is 18.4 Å². The van der Waals surface area contributed by atoms with E-state index in [4.69, 9.17) is 4.74 Å². The molecule has 2 atom stereocenters. The van der Waals surface area contributed by atoms with Crippen LogP contribution in [0.2, 0.25) is 0 Å². The molecule has 0 N–H and O–H groups in total. The van der Waals surface area contributed by atoms with E-state index < -0.39 is 29.6 Å². The Labute approximate surface area is 217 Å². The molecule has 1 aromatic carbocycles. The van der Waals surface area contributed by atoms with E-state index >= 15 is 0 Å². The Kier molecular flexibility index (Phi) is 8.87. The summed E-state index contributed by atoms with van der Waals surface area (Å²) in [5.41, 5.74) is -2.91. The molecule has 2 unspecified atom stereocenters. The lowest BCUT2D eigenvalue weighted by atomic mass is 9.87. The summed E-state index contributed by atoms with van der Waals surface area (Å²) < 4.78 is 87.9. The highest BCUT2D eigenvalue weighted by atomic mass is 19.4. The van der Waals surface area contributed by atoms with Crippen LogP contribution in [0, 0.1) is 0 Å². The van der Waals surface area contributed by atoms with Gasteiger partial charge in [0.25, 0.3) is 0 Å². The first-order chi connectivity index (χ1) is 17.6. The number of amides is 1. The molecule has 212 valence electrons. The van der Waals surface area contributed by atoms with Crippen molar-refractivity contribution in [3.63, 3.8) is 0 Å². The number of halogens is 6. The van der Waals surface area contributed by atoms with Gasteiger partial charge in [-0.05, 0) is 63.3 Å². The number of hydrogen-bond donors (Lipinski definition) is 0. The van der Waals surface area contributed by atoms with Crippen molar-refractivity contribution in [2.75, 3.05) is 4.90 Å². The van der Waals surface area contributed by atoms with Crippen molar-refractivity contribution in [2.24, 2.45) is 7.05 Å². The largest absolute Gasteiger partial charge is 0.447 e. The molecule has 0 spiro atoms. The molecule has 2 aromatic rings. The van der Waals surface area contributed by atoms with Gasteiger partial charge in [-0.15, -0.1) is 5.10 Å². The SMILES string of the molecule is CCC1CC(N(Cc2cc(C(F)(F)F)cc(C(F)(F)F)c2)c2ncn(C)n2)CC(CC)N1C(=O)OC(C)C. The molecule has 3 rings (SSSR count). The second-order valence-electron chi connectivity index (χ2n) is 9.85. The maximum absolute atomic E-state index is 13.5. The Balaban J connectivity index is 2.02. The van der Waals surface area contributed by atoms with Gasteiger partial charge in [0.05, 0.1) is 17.2 Å². The average molecular weight is 550 g/mol. The summed E-state index contributed by atoms with van der Waals surface area (Å²) in [6.45, 7) is 7.07. The molecule has 1 fully saturated rings. The number of aromatic nitrogens is 3. The first-order valence-corrected chi connectivity index (χ1v) is 12.5. The highest BCUT2D eigenvalue weighted by Crippen LogP contribution is 2.38. The molecule has 13 heteroatoms. The summed E-state index contributed by atoms with van der Waals surface area (Å²) in [5, 5.41) is 4.30. The summed E-state index contributed by atoms with van der Waals surface area (Å²) >= 11 is 0. The monoisotopic (exact) mass is 549 g/mol. The number of anilines is 1. The minimum atomic E-state index is -4.95. The molecule has 0 saturated carbocycles. The summed E-state index contributed by atoms with van der Waals surface area (Å²) in [6.07, 6.45) is -7.22. The molecule has 38 heavy (non-hydrogen) atoms. The Hall–Kier alpha value is -2.99. The Morgan fingerprint density at radius 2 is 1.55 bits per heavy atom. The topological polar surface area (TPSA) is 63.5 Å². The van der Waals surface area contributed by atoms with E-state index in [9.17, 15) is 31.1 Å². The van der Waals surface area contributed by atoms with Crippen LogP contribution in [-0.4, -0.2) is 50.0 Å². The lowest BCUT2D eigenvalue weighted by Crippen LogP contribution is -2.57. The second kappa shape index (κ2) is 11.4. The fraction of sp³-hybridized carbons (Fsp3) is 0.640. The van der Waals surface area contributed by atoms with E-state index in [0.29, 0.717) is 25.7 Å². The number of carbonyl (C=O) groups is 1. The van der Waals surface area contributed by atoms with Crippen LogP contribution in [0.25, 0.3) is 0 Å². The smallest absolute Gasteiger partial charge is 0.416 e. The Morgan fingerprint density at radius 3 is 1.95 bits per heavy atom. The Morgan fingerprint density at radius 1 is 1.03 bits per heavy atom. The van der Waals surface area contributed by atoms with Crippen molar-refractivity contribution in [1.29, 1.82) is 0 Å². The number of piperidine rings is 1. The van der Waals surface area contributed by atoms with Crippen molar-refractivity contribution in [3.8, 4) is 0 Å². The lowest BCUT2D eigenvalue weighted by molar-refractivity contribution is -0.143. The molecule has 2 heterocycles. The van der Waals surface area contributed by atoms with E-state index in [1.807, 2.05) is 13.8 Å². The van der Waals surface area contributed by atoms with Gasteiger partial charge in [0.2, 0.25) is 5.95 Å². The van der Waals surface area contributed by atoms with Crippen LogP contribution in [0.4, 0.5) is 37.1 Å². The number of carbonyl (C=O) groups excluding carboxylic acids is 1. The number of aryl methyl sites for hydroxylation is 1.